The molecule has 184 valence electrons. The van der Waals surface area contributed by atoms with Crippen LogP contribution in [-0.4, -0.2) is 40.2 Å². The fraction of sp³-hybridized carbons (Fsp3) is 0.346. The number of benzene rings is 2. The minimum atomic E-state index is -0.524. The van der Waals surface area contributed by atoms with E-state index in [0.717, 1.165) is 16.9 Å². The maximum Gasteiger partial charge on any atom is 0.338 e. The highest BCUT2D eigenvalue weighted by atomic mass is 32.2. The van der Waals surface area contributed by atoms with Crippen LogP contribution in [0.1, 0.15) is 43.5 Å². The number of ether oxygens (including phenoxy) is 3. The molecular weight excluding hydrogens is 464 g/mol. The minimum Gasteiger partial charge on any atom is -0.493 e. The van der Waals surface area contributed by atoms with Gasteiger partial charge in [0.05, 0.1) is 19.3 Å². The Morgan fingerprint density at radius 2 is 1.89 bits per heavy atom. The lowest BCUT2D eigenvalue weighted by Gasteiger charge is -2.28. The van der Waals surface area contributed by atoms with Crippen molar-refractivity contribution in [1.29, 1.82) is 0 Å². The highest BCUT2D eigenvalue weighted by molar-refractivity contribution is 7.99. The van der Waals surface area contributed by atoms with Crippen molar-refractivity contribution in [2.45, 2.75) is 45.5 Å². The fourth-order valence-corrected chi connectivity index (χ4v) is 4.48. The maximum absolute atomic E-state index is 13.0. The maximum atomic E-state index is 13.0. The van der Waals surface area contributed by atoms with Crippen molar-refractivity contribution in [1.82, 2.24) is 14.8 Å². The van der Waals surface area contributed by atoms with Crippen molar-refractivity contribution >= 4 is 23.7 Å². The van der Waals surface area contributed by atoms with E-state index in [1.54, 1.807) is 30.5 Å². The van der Waals surface area contributed by atoms with Crippen LogP contribution in [0.3, 0.4) is 0 Å². The van der Waals surface area contributed by atoms with E-state index in [1.807, 2.05) is 44.2 Å². The third kappa shape index (κ3) is 5.30. The lowest BCUT2D eigenvalue weighted by atomic mass is 9.95. The smallest absolute Gasteiger partial charge is 0.338 e. The summed E-state index contributed by atoms with van der Waals surface area (Å²) in [5.41, 5.74) is 4.24. The summed E-state index contributed by atoms with van der Waals surface area (Å²) < 4.78 is 18.8. The lowest BCUT2D eigenvalue weighted by molar-refractivity contribution is -0.139. The number of nitrogens with zero attached hydrogens (tertiary/aromatic N) is 3. The van der Waals surface area contributed by atoms with Gasteiger partial charge in [0.1, 0.15) is 12.6 Å². The molecule has 0 saturated heterocycles. The van der Waals surface area contributed by atoms with Gasteiger partial charge in [0.25, 0.3) is 0 Å². The molecule has 0 aliphatic carbocycles. The first-order valence-corrected chi connectivity index (χ1v) is 12.5. The van der Waals surface area contributed by atoms with E-state index < -0.39 is 12.0 Å². The largest absolute Gasteiger partial charge is 0.493 e. The molecule has 2 aromatic carbocycles. The second-order valence-corrected chi connectivity index (χ2v) is 9.30. The van der Waals surface area contributed by atoms with Crippen LogP contribution in [0.2, 0.25) is 0 Å². The average molecular weight is 495 g/mol. The molecule has 0 bridgehead atoms. The van der Waals surface area contributed by atoms with Gasteiger partial charge in [-0.1, -0.05) is 54.6 Å². The first-order valence-electron chi connectivity index (χ1n) is 11.6. The zero-order valence-electron chi connectivity index (χ0n) is 20.6. The van der Waals surface area contributed by atoms with E-state index in [4.69, 9.17) is 14.2 Å². The number of aryl methyl sites for hydroxylation is 1. The predicted octanol–water partition coefficient (Wildman–Crippen LogP) is 5.14. The van der Waals surface area contributed by atoms with Gasteiger partial charge < -0.3 is 19.5 Å². The Balaban J connectivity index is 1.70. The molecule has 2 heterocycles. The third-order valence-corrected chi connectivity index (χ3v) is 6.34. The Hall–Kier alpha value is -3.46. The van der Waals surface area contributed by atoms with E-state index in [0.29, 0.717) is 40.5 Å². The number of fused-ring (bicyclic) bond motifs is 1. The molecule has 1 aliphatic heterocycles. The number of carbonyl (C=O) groups excluding carboxylic acids is 1. The molecule has 3 aromatic rings. The topological polar surface area (TPSA) is 87.5 Å². The van der Waals surface area contributed by atoms with Gasteiger partial charge in [0, 0.05) is 5.70 Å². The molecule has 0 saturated carbocycles. The van der Waals surface area contributed by atoms with Crippen LogP contribution in [0.5, 0.6) is 11.5 Å². The van der Waals surface area contributed by atoms with Gasteiger partial charge in [-0.15, -0.1) is 5.10 Å². The first-order chi connectivity index (χ1) is 16.9. The van der Waals surface area contributed by atoms with Crippen molar-refractivity contribution in [2.75, 3.05) is 24.8 Å². The van der Waals surface area contributed by atoms with Gasteiger partial charge >= 0.3 is 5.97 Å². The van der Waals surface area contributed by atoms with Crippen LogP contribution < -0.4 is 14.8 Å². The Morgan fingerprint density at radius 1 is 1.11 bits per heavy atom. The van der Waals surface area contributed by atoms with Crippen molar-refractivity contribution in [3.05, 3.63) is 70.4 Å². The molecule has 9 heteroatoms. The molecule has 1 unspecified atom stereocenters. The van der Waals surface area contributed by atoms with Crippen LogP contribution in [0.15, 0.2) is 58.9 Å². The van der Waals surface area contributed by atoms with E-state index in [1.165, 1.54) is 5.56 Å². The summed E-state index contributed by atoms with van der Waals surface area (Å²) in [6, 6.07) is 13.3. The van der Waals surface area contributed by atoms with Gasteiger partial charge in [-0.3, -0.25) is 0 Å². The Bertz CT molecular complexity index is 1240. The zero-order chi connectivity index (χ0) is 24.9. The highest BCUT2D eigenvalue weighted by Crippen LogP contribution is 2.40. The summed E-state index contributed by atoms with van der Waals surface area (Å²) in [6.45, 7) is 8.43. The van der Waals surface area contributed by atoms with E-state index in [9.17, 15) is 4.79 Å². The van der Waals surface area contributed by atoms with Gasteiger partial charge in [0.2, 0.25) is 11.1 Å². The molecule has 1 atom stereocenters. The number of aromatic nitrogens is 3. The molecule has 0 spiro atoms. The normalized spacial score (nSPS) is 14.8. The molecule has 0 amide bonds. The van der Waals surface area contributed by atoms with Crippen LogP contribution in [0, 0.1) is 6.92 Å². The Morgan fingerprint density at radius 3 is 2.57 bits per heavy atom. The number of nitrogens with one attached hydrogen (secondary N) is 1. The number of rotatable bonds is 9. The van der Waals surface area contributed by atoms with E-state index in [-0.39, 0.29) is 6.61 Å². The number of hydrogen-bond acceptors (Lipinski definition) is 8. The second kappa shape index (κ2) is 10.9. The molecule has 0 fully saturated rings. The average Bonchev–Trinajstić information content (AvgIpc) is 3.25. The quantitative estimate of drug-likeness (QED) is 0.323. The third-order valence-electron chi connectivity index (χ3n) is 5.62. The fourth-order valence-electron chi connectivity index (χ4n) is 3.92. The van der Waals surface area contributed by atoms with Crippen molar-refractivity contribution in [2.24, 2.45) is 0 Å². The van der Waals surface area contributed by atoms with Crippen LogP contribution in [-0.2, 0) is 16.1 Å². The standard InChI is InChI=1S/C26H30N4O4S/c1-6-33-24(31)22-17(4)27-25-28-26(35-7-2)29-30(25)23(22)19-12-13-20(21(14-19)32-5)34-15-18-10-8-16(3)9-11-18/h8-14,23H,6-7,15H2,1-5H3,(H,27,28,29). The number of allylic oxidation sites excluding steroid dienone is 1. The summed E-state index contributed by atoms with van der Waals surface area (Å²) >= 11 is 1.54. The minimum absolute atomic E-state index is 0.276. The van der Waals surface area contributed by atoms with Gasteiger partial charge in [-0.2, -0.15) is 4.98 Å². The number of thioether (sulfide) groups is 1. The van der Waals surface area contributed by atoms with Crippen molar-refractivity contribution in [3.8, 4) is 11.5 Å². The molecule has 1 aliphatic rings. The molecule has 8 nitrogen and oxygen atoms in total. The molecule has 4 rings (SSSR count). The van der Waals surface area contributed by atoms with Crippen molar-refractivity contribution in [3.63, 3.8) is 0 Å². The first kappa shape index (κ1) is 24.7. The molecule has 1 aromatic heterocycles. The number of hydrogen-bond donors (Lipinski definition) is 1. The molecule has 1 N–H and O–H groups in total. The summed E-state index contributed by atoms with van der Waals surface area (Å²) in [7, 11) is 1.60. The molecular formula is C26H30N4O4S. The van der Waals surface area contributed by atoms with Crippen molar-refractivity contribution < 1.29 is 19.0 Å². The summed E-state index contributed by atoms with van der Waals surface area (Å²) in [6.07, 6.45) is 0. The van der Waals surface area contributed by atoms with Crippen LogP contribution >= 0.6 is 11.8 Å². The van der Waals surface area contributed by atoms with Gasteiger partial charge in [0.15, 0.2) is 11.5 Å². The molecule has 35 heavy (non-hydrogen) atoms. The Kier molecular flexibility index (Phi) is 7.65. The van der Waals surface area contributed by atoms with Crippen LogP contribution in [0.4, 0.5) is 5.95 Å². The summed E-state index contributed by atoms with van der Waals surface area (Å²) in [5.74, 6) is 2.21. The number of methoxy groups -OCH3 is 1. The lowest BCUT2D eigenvalue weighted by Crippen LogP contribution is -2.29. The van der Waals surface area contributed by atoms with E-state index in [2.05, 4.69) is 34.5 Å². The summed E-state index contributed by atoms with van der Waals surface area (Å²) in [4.78, 5) is 17.6. The Labute approximate surface area is 209 Å². The second-order valence-electron chi connectivity index (χ2n) is 8.07. The van der Waals surface area contributed by atoms with Gasteiger partial charge in [-0.25, -0.2) is 9.48 Å². The van der Waals surface area contributed by atoms with E-state index >= 15 is 0 Å². The predicted molar refractivity (Wildman–Crippen MR) is 136 cm³/mol. The number of anilines is 1. The number of esters is 1. The number of carbonyl (C=O) groups is 1. The van der Waals surface area contributed by atoms with Gasteiger partial charge in [-0.05, 0) is 49.8 Å². The zero-order valence-corrected chi connectivity index (χ0v) is 21.4. The highest BCUT2D eigenvalue weighted by Gasteiger charge is 2.35. The monoisotopic (exact) mass is 494 g/mol. The van der Waals surface area contributed by atoms with Crippen LogP contribution in [0.25, 0.3) is 0 Å². The molecule has 0 radical (unpaired) electrons. The SMILES string of the molecule is CCOC(=O)C1=C(C)Nc2nc(SCC)nn2C1c1ccc(OCc2ccc(C)cc2)c(OC)c1. The summed E-state index contributed by atoms with van der Waals surface area (Å²) in [5, 5.41) is 8.53.